The molecule has 1 nitrogen and oxygen atoms in total. The van der Waals surface area contributed by atoms with E-state index in [1.54, 1.807) is 6.92 Å². The van der Waals surface area contributed by atoms with E-state index in [0.717, 1.165) is 17.4 Å². The van der Waals surface area contributed by atoms with Gasteiger partial charge in [-0.1, -0.05) is 0 Å². The van der Waals surface area contributed by atoms with Crippen LogP contribution in [0, 0.1) is 18.3 Å². The smallest absolute Gasteiger partial charge is 0.0488 e. The van der Waals surface area contributed by atoms with Crippen LogP contribution in [-0.2, 0) is 4.79 Å². The largest absolute Gasteiger partial charge is 0.364 e. The van der Waals surface area contributed by atoms with E-state index in [2.05, 4.69) is 0 Å². The molecule has 0 bridgehead atoms. The van der Waals surface area contributed by atoms with Gasteiger partial charge in [0.2, 0.25) is 0 Å². The molecule has 1 aliphatic carbocycles. The van der Waals surface area contributed by atoms with Gasteiger partial charge in [0.05, 0.1) is 0 Å². The Balaban J connectivity index is 2.99. The zero-order valence-electron chi connectivity index (χ0n) is 9.79. The zero-order valence-corrected chi connectivity index (χ0v) is 9.79. The number of carbonyl (C=O) groups excluding carboxylic acids is 1. The Labute approximate surface area is 92.6 Å². The highest BCUT2D eigenvalue weighted by molar-refractivity contribution is 5.95. The zero-order chi connectivity index (χ0) is 11.4. The molecular weight excluding hydrogens is 184 g/mol. The van der Waals surface area contributed by atoms with Gasteiger partial charge in [0.15, 0.2) is 0 Å². The summed E-state index contributed by atoms with van der Waals surface area (Å²) in [5, 5.41) is 0. The van der Waals surface area contributed by atoms with Gasteiger partial charge < -0.3 is 16.3 Å². The first-order valence-electron chi connectivity index (χ1n) is 5.11. The third kappa shape index (κ3) is 2.72. The van der Waals surface area contributed by atoms with Crippen LogP contribution in [0.5, 0.6) is 0 Å². The molecule has 1 aliphatic rings. The van der Waals surface area contributed by atoms with Crippen LogP contribution in [0.2, 0.25) is 0 Å². The molecule has 0 N–H and O–H groups in total. The summed E-state index contributed by atoms with van der Waals surface area (Å²) in [6, 6.07) is 0. The lowest BCUT2D eigenvalue weighted by Crippen LogP contribution is -2.13. The average Bonchev–Trinajstić information content (AvgIpc) is 2.18. The molecule has 0 atom stereocenters. The standard InChI is InChI=1S/C14H17O/c1-10(2)14(11(3)12(4)15)13-8-6-5-7-9-13/h5-9H,1-4H3/q-3. The van der Waals surface area contributed by atoms with Gasteiger partial charge in [-0.15, -0.1) is 20.8 Å². The fraction of sp³-hybridized carbons (Fsp3) is 0.286. The number of ketones is 1. The summed E-state index contributed by atoms with van der Waals surface area (Å²) in [5.74, 6) is 2.08. The molecule has 0 heterocycles. The lowest BCUT2D eigenvalue weighted by atomic mass is 9.82. The molecule has 0 unspecified atom stereocenters. The van der Waals surface area contributed by atoms with Crippen LogP contribution in [0.15, 0.2) is 35.5 Å². The molecule has 1 rings (SSSR count). The second-order valence-electron chi connectivity index (χ2n) is 3.92. The molecule has 15 heavy (non-hydrogen) atoms. The van der Waals surface area contributed by atoms with Crippen molar-refractivity contribution in [3.05, 3.63) is 53.7 Å². The van der Waals surface area contributed by atoms with E-state index >= 15 is 0 Å². The molecule has 0 saturated carbocycles. The molecule has 0 radical (unpaired) electrons. The van der Waals surface area contributed by atoms with Crippen molar-refractivity contribution in [1.82, 2.24) is 0 Å². The quantitative estimate of drug-likeness (QED) is 0.639. The highest BCUT2D eigenvalue weighted by atomic mass is 16.1. The molecule has 0 spiro atoms. The van der Waals surface area contributed by atoms with Gasteiger partial charge in [-0.05, 0) is 6.92 Å². The monoisotopic (exact) mass is 201 g/mol. The number of allylic oxidation sites excluding steroid dienone is 6. The van der Waals surface area contributed by atoms with Gasteiger partial charge in [0.25, 0.3) is 0 Å². The predicted molar refractivity (Wildman–Crippen MR) is 63.8 cm³/mol. The van der Waals surface area contributed by atoms with Crippen LogP contribution in [0.1, 0.15) is 27.7 Å². The van der Waals surface area contributed by atoms with Crippen LogP contribution in [0.3, 0.4) is 0 Å². The van der Waals surface area contributed by atoms with Gasteiger partial charge in [-0.25, -0.2) is 5.92 Å². The third-order valence-electron chi connectivity index (χ3n) is 2.47. The SMILES string of the molecule is CC(=O)[C-](C)C(=C(C)C)[C-]1C=C[CH-]C=C1. The van der Waals surface area contributed by atoms with Crippen LogP contribution >= 0.6 is 0 Å². The molecular formula is C14H17O-3. The Morgan fingerprint density at radius 1 is 1.20 bits per heavy atom. The summed E-state index contributed by atoms with van der Waals surface area (Å²) in [5.41, 5.74) is 2.25. The van der Waals surface area contributed by atoms with Crippen molar-refractivity contribution in [3.63, 3.8) is 0 Å². The summed E-state index contributed by atoms with van der Waals surface area (Å²) >= 11 is 0. The molecule has 0 saturated heterocycles. The van der Waals surface area contributed by atoms with Crippen molar-refractivity contribution in [2.24, 2.45) is 0 Å². The van der Waals surface area contributed by atoms with Gasteiger partial charge in [-0.2, -0.15) is 18.6 Å². The Morgan fingerprint density at radius 3 is 2.13 bits per heavy atom. The van der Waals surface area contributed by atoms with Gasteiger partial charge in [-0.3, -0.25) is 17.7 Å². The maximum Gasteiger partial charge on any atom is 0.0488 e. The van der Waals surface area contributed by atoms with E-state index < -0.39 is 0 Å². The summed E-state index contributed by atoms with van der Waals surface area (Å²) in [4.78, 5) is 11.4. The number of hydrogen-bond acceptors (Lipinski definition) is 1. The van der Waals surface area contributed by atoms with Crippen LogP contribution in [-0.4, -0.2) is 5.78 Å². The highest BCUT2D eigenvalue weighted by Gasteiger charge is 1.98. The summed E-state index contributed by atoms with van der Waals surface area (Å²) in [6.07, 6.45) is 10.0. The Kier molecular flexibility index (Phi) is 3.73. The number of rotatable bonds is 3. The average molecular weight is 201 g/mol. The molecule has 0 aliphatic heterocycles. The van der Waals surface area contributed by atoms with E-state index in [9.17, 15) is 4.79 Å². The third-order valence-corrected chi connectivity index (χ3v) is 2.47. The van der Waals surface area contributed by atoms with Crippen molar-refractivity contribution in [2.45, 2.75) is 27.7 Å². The van der Waals surface area contributed by atoms with Crippen LogP contribution in [0.4, 0.5) is 0 Å². The second-order valence-corrected chi connectivity index (χ2v) is 3.92. The van der Waals surface area contributed by atoms with Gasteiger partial charge in [0.1, 0.15) is 0 Å². The van der Waals surface area contributed by atoms with Crippen LogP contribution < -0.4 is 0 Å². The maximum atomic E-state index is 11.4. The van der Waals surface area contributed by atoms with E-state index in [1.807, 2.05) is 51.5 Å². The van der Waals surface area contributed by atoms with E-state index in [1.165, 1.54) is 5.57 Å². The number of carbonyl (C=O) groups is 1. The lowest BCUT2D eigenvalue weighted by Gasteiger charge is -2.47. The van der Waals surface area contributed by atoms with Gasteiger partial charge in [0, 0.05) is 5.78 Å². The summed E-state index contributed by atoms with van der Waals surface area (Å²) in [7, 11) is 0. The first kappa shape index (κ1) is 11.6. The normalized spacial score (nSPS) is 13.5. The topological polar surface area (TPSA) is 17.1 Å². The minimum atomic E-state index is 0.134. The van der Waals surface area contributed by atoms with Crippen molar-refractivity contribution < 1.29 is 4.79 Å². The molecule has 0 aromatic rings. The summed E-state index contributed by atoms with van der Waals surface area (Å²) in [6.45, 7) is 7.57. The maximum absolute atomic E-state index is 11.4. The molecule has 0 aromatic carbocycles. The highest BCUT2D eigenvalue weighted by Crippen LogP contribution is 2.31. The lowest BCUT2D eigenvalue weighted by molar-refractivity contribution is -0.114. The Morgan fingerprint density at radius 2 is 1.73 bits per heavy atom. The minimum Gasteiger partial charge on any atom is -0.364 e. The Hall–Kier alpha value is -1.50. The van der Waals surface area contributed by atoms with E-state index in [4.69, 9.17) is 0 Å². The second kappa shape index (κ2) is 4.83. The van der Waals surface area contributed by atoms with E-state index in [-0.39, 0.29) is 5.78 Å². The first-order valence-corrected chi connectivity index (χ1v) is 5.11. The number of hydrogen-bond donors (Lipinski definition) is 0. The fourth-order valence-electron chi connectivity index (χ4n) is 1.66. The van der Waals surface area contributed by atoms with Crippen molar-refractivity contribution in [3.8, 4) is 0 Å². The molecule has 82 valence electrons. The Bertz CT molecular complexity index is 315. The van der Waals surface area contributed by atoms with Crippen molar-refractivity contribution in [1.29, 1.82) is 0 Å². The van der Waals surface area contributed by atoms with E-state index in [0.29, 0.717) is 0 Å². The predicted octanol–water partition coefficient (Wildman–Crippen LogP) is 3.41. The molecule has 0 fully saturated rings. The molecule has 1 heteroatoms. The molecule has 0 aromatic heterocycles. The first-order chi connectivity index (χ1) is 7.04. The van der Waals surface area contributed by atoms with Crippen molar-refractivity contribution >= 4 is 5.78 Å². The summed E-state index contributed by atoms with van der Waals surface area (Å²) < 4.78 is 0. The molecule has 0 amide bonds. The number of Topliss-reactive ketones (excluding diaryl/α,β-unsaturated/α-hetero) is 1. The van der Waals surface area contributed by atoms with Gasteiger partial charge >= 0.3 is 0 Å². The fourth-order valence-corrected chi connectivity index (χ4v) is 1.66. The van der Waals surface area contributed by atoms with Crippen molar-refractivity contribution in [2.75, 3.05) is 0 Å². The minimum absolute atomic E-state index is 0.134. The van der Waals surface area contributed by atoms with Crippen LogP contribution in [0.25, 0.3) is 0 Å².